The fraction of sp³-hybridized carbons (Fsp3) is 0.929. The molecule has 6 heteroatoms. The van der Waals surface area contributed by atoms with E-state index in [1.54, 1.807) is 0 Å². The standard InChI is InChI=1S/C14H25N3O2.HI/c1-15-14(16-9-11-4-2-3-7-18-11)17-12-8-10-5-6-13(12)19-10;/h10-13H,2-9H2,1H3,(H2,15,16,17);1H. The van der Waals surface area contributed by atoms with E-state index in [0.717, 1.165) is 32.0 Å². The number of nitrogens with one attached hydrogen (secondary N) is 2. The number of aliphatic imine (C=N–C) groups is 1. The minimum atomic E-state index is 0. The third kappa shape index (κ3) is 3.98. The first-order valence-electron chi connectivity index (χ1n) is 7.59. The van der Waals surface area contributed by atoms with Gasteiger partial charge in [-0.05, 0) is 38.5 Å². The molecular formula is C14H26IN3O2. The Kier molecular flexibility index (Phi) is 6.35. The van der Waals surface area contributed by atoms with Crippen LogP contribution in [0.3, 0.4) is 0 Å². The molecule has 4 atom stereocenters. The second-order valence-corrected chi connectivity index (χ2v) is 5.80. The monoisotopic (exact) mass is 395 g/mol. The summed E-state index contributed by atoms with van der Waals surface area (Å²) < 4.78 is 11.6. The molecular weight excluding hydrogens is 369 g/mol. The van der Waals surface area contributed by atoms with Crippen LogP contribution >= 0.6 is 24.0 Å². The highest BCUT2D eigenvalue weighted by Gasteiger charge is 2.41. The molecule has 2 bridgehead atoms. The number of hydrogen-bond donors (Lipinski definition) is 2. The average molecular weight is 395 g/mol. The molecule has 3 aliphatic heterocycles. The van der Waals surface area contributed by atoms with Crippen LogP contribution in [0.2, 0.25) is 0 Å². The lowest BCUT2D eigenvalue weighted by Gasteiger charge is -2.26. The van der Waals surface area contributed by atoms with E-state index in [9.17, 15) is 0 Å². The lowest BCUT2D eigenvalue weighted by molar-refractivity contribution is 0.0194. The summed E-state index contributed by atoms with van der Waals surface area (Å²) >= 11 is 0. The van der Waals surface area contributed by atoms with Crippen molar-refractivity contribution in [2.24, 2.45) is 4.99 Å². The molecule has 3 heterocycles. The molecule has 3 saturated heterocycles. The molecule has 3 fully saturated rings. The van der Waals surface area contributed by atoms with Gasteiger partial charge in [0.2, 0.25) is 0 Å². The highest BCUT2D eigenvalue weighted by atomic mass is 127. The number of ether oxygens (including phenoxy) is 2. The number of halogens is 1. The Morgan fingerprint density at radius 3 is 2.75 bits per heavy atom. The van der Waals surface area contributed by atoms with Gasteiger partial charge < -0.3 is 20.1 Å². The maximum atomic E-state index is 5.85. The number of rotatable bonds is 3. The van der Waals surface area contributed by atoms with Gasteiger partial charge in [0.05, 0.1) is 24.4 Å². The van der Waals surface area contributed by atoms with E-state index in [2.05, 4.69) is 15.6 Å². The minimum absolute atomic E-state index is 0. The lowest BCUT2D eigenvalue weighted by Crippen LogP contribution is -2.49. The van der Waals surface area contributed by atoms with Gasteiger partial charge in [-0.2, -0.15) is 0 Å². The maximum Gasteiger partial charge on any atom is 0.191 e. The normalized spacial score (nSPS) is 36.5. The molecule has 0 amide bonds. The van der Waals surface area contributed by atoms with Crippen molar-refractivity contribution >= 4 is 29.9 Å². The highest BCUT2D eigenvalue weighted by molar-refractivity contribution is 14.0. The van der Waals surface area contributed by atoms with E-state index in [1.807, 2.05) is 7.05 Å². The first kappa shape index (κ1) is 16.3. The zero-order valence-corrected chi connectivity index (χ0v) is 14.5. The topological polar surface area (TPSA) is 54.9 Å². The van der Waals surface area contributed by atoms with Crippen molar-refractivity contribution in [1.29, 1.82) is 0 Å². The predicted molar refractivity (Wildman–Crippen MR) is 89.8 cm³/mol. The summed E-state index contributed by atoms with van der Waals surface area (Å²) in [6.45, 7) is 1.75. The van der Waals surface area contributed by atoms with Crippen molar-refractivity contribution in [2.45, 2.75) is 62.9 Å². The van der Waals surface area contributed by atoms with Crippen molar-refractivity contribution in [3.8, 4) is 0 Å². The fourth-order valence-corrected chi connectivity index (χ4v) is 3.34. The maximum absolute atomic E-state index is 5.85. The predicted octanol–water partition coefficient (Wildman–Crippen LogP) is 1.66. The van der Waals surface area contributed by atoms with Crippen LogP contribution in [0, 0.1) is 0 Å². The van der Waals surface area contributed by atoms with Gasteiger partial charge in [0.1, 0.15) is 0 Å². The molecule has 0 aromatic carbocycles. The van der Waals surface area contributed by atoms with Gasteiger partial charge in [-0.15, -0.1) is 24.0 Å². The van der Waals surface area contributed by atoms with E-state index in [4.69, 9.17) is 9.47 Å². The van der Waals surface area contributed by atoms with Crippen molar-refractivity contribution in [1.82, 2.24) is 10.6 Å². The van der Waals surface area contributed by atoms with Crippen LogP contribution in [0.1, 0.15) is 38.5 Å². The summed E-state index contributed by atoms with van der Waals surface area (Å²) in [6.07, 6.45) is 8.35. The molecule has 4 unspecified atom stereocenters. The molecule has 2 N–H and O–H groups in total. The van der Waals surface area contributed by atoms with E-state index in [0.29, 0.717) is 24.4 Å². The summed E-state index contributed by atoms with van der Waals surface area (Å²) in [5, 5.41) is 6.88. The van der Waals surface area contributed by atoms with Crippen LogP contribution in [-0.2, 0) is 9.47 Å². The Labute approximate surface area is 138 Å². The van der Waals surface area contributed by atoms with Gasteiger partial charge >= 0.3 is 0 Å². The molecule has 0 aromatic heterocycles. The van der Waals surface area contributed by atoms with Crippen molar-refractivity contribution in [3.05, 3.63) is 0 Å². The third-order valence-corrected chi connectivity index (χ3v) is 4.42. The van der Waals surface area contributed by atoms with E-state index < -0.39 is 0 Å². The Bertz CT molecular complexity index is 334. The molecule has 20 heavy (non-hydrogen) atoms. The zero-order valence-electron chi connectivity index (χ0n) is 12.1. The van der Waals surface area contributed by atoms with Crippen LogP contribution in [-0.4, -0.2) is 50.5 Å². The first-order valence-corrected chi connectivity index (χ1v) is 7.59. The Balaban J connectivity index is 0.00000147. The molecule has 0 aliphatic carbocycles. The Morgan fingerprint density at radius 1 is 1.25 bits per heavy atom. The molecule has 116 valence electrons. The fourth-order valence-electron chi connectivity index (χ4n) is 3.34. The van der Waals surface area contributed by atoms with Crippen LogP contribution < -0.4 is 10.6 Å². The SMILES string of the molecule is CN=C(NCC1CCCCO1)NC1CC2CCC1O2.I. The van der Waals surface area contributed by atoms with Gasteiger partial charge in [-0.25, -0.2) is 0 Å². The van der Waals surface area contributed by atoms with E-state index in [1.165, 1.54) is 25.7 Å². The van der Waals surface area contributed by atoms with Gasteiger partial charge in [0.25, 0.3) is 0 Å². The number of fused-ring (bicyclic) bond motifs is 2. The molecule has 5 nitrogen and oxygen atoms in total. The van der Waals surface area contributed by atoms with E-state index in [-0.39, 0.29) is 24.0 Å². The summed E-state index contributed by atoms with van der Waals surface area (Å²) in [7, 11) is 1.82. The Hall–Kier alpha value is -0.0800. The number of hydrogen-bond acceptors (Lipinski definition) is 3. The van der Waals surface area contributed by atoms with Gasteiger partial charge in [-0.3, -0.25) is 4.99 Å². The second-order valence-electron chi connectivity index (χ2n) is 5.80. The van der Waals surface area contributed by atoms with Gasteiger partial charge in [-0.1, -0.05) is 0 Å². The van der Waals surface area contributed by atoms with Crippen molar-refractivity contribution < 1.29 is 9.47 Å². The lowest BCUT2D eigenvalue weighted by atomic mass is 9.96. The zero-order chi connectivity index (χ0) is 13.1. The minimum Gasteiger partial charge on any atom is -0.376 e. The quantitative estimate of drug-likeness (QED) is 0.434. The third-order valence-electron chi connectivity index (χ3n) is 4.42. The second kappa shape index (κ2) is 7.79. The smallest absolute Gasteiger partial charge is 0.191 e. The molecule has 0 saturated carbocycles. The van der Waals surface area contributed by atoms with Crippen molar-refractivity contribution in [2.75, 3.05) is 20.2 Å². The molecule has 0 spiro atoms. The molecule has 3 aliphatic rings. The van der Waals surface area contributed by atoms with Crippen LogP contribution in [0.4, 0.5) is 0 Å². The summed E-state index contributed by atoms with van der Waals surface area (Å²) in [5.41, 5.74) is 0. The van der Waals surface area contributed by atoms with Crippen molar-refractivity contribution in [3.63, 3.8) is 0 Å². The number of nitrogens with zero attached hydrogens (tertiary/aromatic N) is 1. The van der Waals surface area contributed by atoms with Crippen LogP contribution in [0.5, 0.6) is 0 Å². The summed E-state index contributed by atoms with van der Waals surface area (Å²) in [6, 6.07) is 0.428. The Morgan fingerprint density at radius 2 is 2.15 bits per heavy atom. The first-order chi connectivity index (χ1) is 9.35. The molecule has 0 aromatic rings. The largest absolute Gasteiger partial charge is 0.376 e. The highest BCUT2D eigenvalue weighted by Crippen LogP contribution is 2.34. The van der Waals surface area contributed by atoms with Crippen LogP contribution in [0.25, 0.3) is 0 Å². The van der Waals surface area contributed by atoms with Gasteiger partial charge in [0.15, 0.2) is 5.96 Å². The summed E-state index contributed by atoms with van der Waals surface area (Å²) in [5.74, 6) is 0.885. The average Bonchev–Trinajstić information content (AvgIpc) is 3.07. The summed E-state index contributed by atoms with van der Waals surface area (Å²) in [4.78, 5) is 4.30. The van der Waals surface area contributed by atoms with Gasteiger partial charge in [0, 0.05) is 20.2 Å². The van der Waals surface area contributed by atoms with E-state index >= 15 is 0 Å². The molecule has 0 radical (unpaired) electrons. The van der Waals surface area contributed by atoms with Crippen LogP contribution in [0.15, 0.2) is 4.99 Å². The number of guanidine groups is 1. The molecule has 3 rings (SSSR count).